The van der Waals surface area contributed by atoms with E-state index in [2.05, 4.69) is 16.5 Å². The summed E-state index contributed by atoms with van der Waals surface area (Å²) in [6, 6.07) is 12.3. The second-order valence-corrected chi connectivity index (χ2v) is 9.42. The average Bonchev–Trinajstić information content (AvgIpc) is 2.96. The first-order valence-electron chi connectivity index (χ1n) is 9.61. The fourth-order valence-electron chi connectivity index (χ4n) is 3.83. The predicted octanol–water partition coefficient (Wildman–Crippen LogP) is 3.24. The molecule has 0 spiro atoms. The highest BCUT2D eigenvalue weighted by molar-refractivity contribution is 7.92. The molecule has 4 rings (SSSR count). The van der Waals surface area contributed by atoms with E-state index in [1.165, 1.54) is 12.8 Å². The number of carbonyl (C=O) groups is 1. The van der Waals surface area contributed by atoms with Crippen LogP contribution < -0.4 is 14.5 Å². The van der Waals surface area contributed by atoms with E-state index in [0.717, 1.165) is 35.9 Å². The summed E-state index contributed by atoms with van der Waals surface area (Å²) in [4.78, 5) is 15.9. The van der Waals surface area contributed by atoms with Crippen LogP contribution in [0.25, 0.3) is 0 Å². The number of nitrogens with one attached hydrogen (secondary N) is 1. The number of amides is 1. The molecule has 0 aromatic heterocycles. The van der Waals surface area contributed by atoms with Crippen molar-refractivity contribution in [1.29, 1.82) is 0 Å². The van der Waals surface area contributed by atoms with Gasteiger partial charge in [-0.3, -0.25) is 9.52 Å². The fourth-order valence-corrected chi connectivity index (χ4v) is 4.94. The van der Waals surface area contributed by atoms with Crippen LogP contribution in [0.15, 0.2) is 47.4 Å². The molecule has 1 amide bonds. The van der Waals surface area contributed by atoms with Crippen LogP contribution in [-0.4, -0.2) is 34.5 Å². The van der Waals surface area contributed by atoms with Gasteiger partial charge in [0.2, 0.25) is 5.91 Å². The second-order valence-electron chi connectivity index (χ2n) is 7.74. The number of carbonyl (C=O) groups excluding carboxylic acids is 1. The van der Waals surface area contributed by atoms with E-state index >= 15 is 0 Å². The highest BCUT2D eigenvalue weighted by Crippen LogP contribution is 2.31. The molecule has 7 heteroatoms. The van der Waals surface area contributed by atoms with E-state index in [-0.39, 0.29) is 17.2 Å². The molecule has 148 valence electrons. The Kier molecular flexibility index (Phi) is 4.79. The lowest BCUT2D eigenvalue weighted by Crippen LogP contribution is -2.32. The van der Waals surface area contributed by atoms with Crippen LogP contribution in [0.2, 0.25) is 0 Å². The number of anilines is 3. The molecule has 2 aromatic rings. The Bertz CT molecular complexity index is 994. The SMILES string of the molecule is CC1CCN(c2ccc(NS(=O)(=O)c3ccc4c(c3)CC(=O)N4C)cc2)CC1. The van der Waals surface area contributed by atoms with Crippen molar-refractivity contribution in [2.24, 2.45) is 5.92 Å². The highest BCUT2D eigenvalue weighted by Gasteiger charge is 2.26. The van der Waals surface area contributed by atoms with E-state index in [9.17, 15) is 13.2 Å². The van der Waals surface area contributed by atoms with Crippen LogP contribution in [-0.2, 0) is 21.2 Å². The fraction of sp³-hybridized carbons (Fsp3) is 0.381. The molecule has 0 unspecified atom stereocenters. The maximum Gasteiger partial charge on any atom is 0.261 e. The van der Waals surface area contributed by atoms with Gasteiger partial charge < -0.3 is 9.80 Å². The summed E-state index contributed by atoms with van der Waals surface area (Å²) >= 11 is 0. The number of hydrogen-bond donors (Lipinski definition) is 1. The number of piperidine rings is 1. The lowest BCUT2D eigenvalue weighted by Gasteiger charge is -2.32. The first kappa shape index (κ1) is 18.8. The van der Waals surface area contributed by atoms with E-state index < -0.39 is 10.0 Å². The zero-order valence-corrected chi connectivity index (χ0v) is 17.0. The molecule has 2 aliphatic heterocycles. The first-order chi connectivity index (χ1) is 13.3. The van der Waals surface area contributed by atoms with Crippen LogP contribution in [0.1, 0.15) is 25.3 Å². The van der Waals surface area contributed by atoms with Crippen molar-refractivity contribution in [3.05, 3.63) is 48.0 Å². The van der Waals surface area contributed by atoms with E-state index in [4.69, 9.17) is 0 Å². The van der Waals surface area contributed by atoms with Crippen LogP contribution in [0, 0.1) is 5.92 Å². The molecule has 1 saturated heterocycles. The topological polar surface area (TPSA) is 69.7 Å². The number of benzene rings is 2. The average molecular weight is 400 g/mol. The number of hydrogen-bond acceptors (Lipinski definition) is 4. The van der Waals surface area contributed by atoms with Gasteiger partial charge in [-0.1, -0.05) is 6.92 Å². The van der Waals surface area contributed by atoms with Crippen LogP contribution in [0.4, 0.5) is 17.1 Å². The van der Waals surface area contributed by atoms with Crippen molar-refractivity contribution in [2.75, 3.05) is 34.7 Å². The Labute approximate surface area is 166 Å². The molecule has 2 heterocycles. The number of likely N-dealkylation sites (N-methyl/N-ethyl adjacent to an activating group) is 1. The van der Waals surface area contributed by atoms with Gasteiger partial charge in [0.25, 0.3) is 10.0 Å². The van der Waals surface area contributed by atoms with Gasteiger partial charge in [0, 0.05) is 37.2 Å². The maximum absolute atomic E-state index is 12.8. The van der Waals surface area contributed by atoms with E-state index in [1.54, 1.807) is 42.3 Å². The van der Waals surface area contributed by atoms with Gasteiger partial charge in [0.1, 0.15) is 0 Å². The van der Waals surface area contributed by atoms with Gasteiger partial charge >= 0.3 is 0 Å². The lowest BCUT2D eigenvalue weighted by atomic mass is 9.99. The van der Waals surface area contributed by atoms with Crippen LogP contribution in [0.3, 0.4) is 0 Å². The van der Waals surface area contributed by atoms with Gasteiger partial charge in [-0.05, 0) is 66.8 Å². The number of fused-ring (bicyclic) bond motifs is 1. The number of nitrogens with zero attached hydrogens (tertiary/aromatic N) is 2. The number of sulfonamides is 1. The third kappa shape index (κ3) is 3.58. The Balaban J connectivity index is 1.49. The van der Waals surface area contributed by atoms with Gasteiger partial charge in [0.15, 0.2) is 0 Å². The third-order valence-electron chi connectivity index (χ3n) is 5.71. The Hall–Kier alpha value is -2.54. The van der Waals surface area contributed by atoms with Gasteiger partial charge in [-0.25, -0.2) is 8.42 Å². The molecular weight excluding hydrogens is 374 g/mol. The maximum atomic E-state index is 12.8. The summed E-state index contributed by atoms with van der Waals surface area (Å²) < 4.78 is 28.2. The molecule has 0 saturated carbocycles. The molecule has 2 aromatic carbocycles. The molecular formula is C21H25N3O3S. The van der Waals surface area contributed by atoms with E-state index in [1.807, 2.05) is 12.1 Å². The van der Waals surface area contributed by atoms with E-state index in [0.29, 0.717) is 5.69 Å². The third-order valence-corrected chi connectivity index (χ3v) is 7.09. The summed E-state index contributed by atoms with van der Waals surface area (Å²) in [5.74, 6) is 0.741. The Morgan fingerprint density at radius 3 is 2.39 bits per heavy atom. The second kappa shape index (κ2) is 7.13. The number of rotatable bonds is 4. The zero-order valence-electron chi connectivity index (χ0n) is 16.2. The van der Waals surface area contributed by atoms with Crippen molar-refractivity contribution in [3.63, 3.8) is 0 Å². The lowest BCUT2D eigenvalue weighted by molar-refractivity contribution is -0.117. The molecule has 6 nitrogen and oxygen atoms in total. The first-order valence-corrected chi connectivity index (χ1v) is 11.1. The van der Waals surface area contributed by atoms with Crippen LogP contribution in [0.5, 0.6) is 0 Å². The van der Waals surface area contributed by atoms with Gasteiger partial charge in [-0.2, -0.15) is 0 Å². The van der Waals surface area contributed by atoms with Crippen molar-refractivity contribution in [3.8, 4) is 0 Å². The molecule has 0 bridgehead atoms. The van der Waals surface area contributed by atoms with Gasteiger partial charge in [0.05, 0.1) is 11.3 Å². The molecule has 2 aliphatic rings. The monoisotopic (exact) mass is 399 g/mol. The molecule has 0 atom stereocenters. The summed E-state index contributed by atoms with van der Waals surface area (Å²) in [5.41, 5.74) is 3.16. The standard InChI is InChI=1S/C21H25N3O3S/c1-15-9-11-24(12-10-15)18-5-3-17(4-6-18)22-28(26,27)19-7-8-20-16(13-19)14-21(25)23(20)2/h3-8,13,15,22H,9-12,14H2,1-2H3. The predicted molar refractivity (Wildman–Crippen MR) is 111 cm³/mol. The normalized spacial score (nSPS) is 17.7. The van der Waals surface area contributed by atoms with Crippen molar-refractivity contribution >= 4 is 33.0 Å². The summed E-state index contributed by atoms with van der Waals surface area (Å²) in [5, 5.41) is 0. The largest absolute Gasteiger partial charge is 0.372 e. The molecule has 0 radical (unpaired) electrons. The molecule has 1 fully saturated rings. The summed E-state index contributed by atoms with van der Waals surface area (Å²) in [6.07, 6.45) is 2.60. The Morgan fingerprint density at radius 2 is 1.71 bits per heavy atom. The quantitative estimate of drug-likeness (QED) is 0.857. The minimum atomic E-state index is -3.71. The highest BCUT2D eigenvalue weighted by atomic mass is 32.2. The van der Waals surface area contributed by atoms with Crippen LogP contribution >= 0.6 is 0 Å². The zero-order chi connectivity index (χ0) is 19.9. The smallest absolute Gasteiger partial charge is 0.261 e. The summed E-state index contributed by atoms with van der Waals surface area (Å²) in [6.45, 7) is 4.35. The molecule has 1 N–H and O–H groups in total. The molecule has 0 aliphatic carbocycles. The summed E-state index contributed by atoms with van der Waals surface area (Å²) in [7, 11) is -2.01. The van der Waals surface area contributed by atoms with Crippen molar-refractivity contribution in [2.45, 2.75) is 31.1 Å². The van der Waals surface area contributed by atoms with Crippen molar-refractivity contribution < 1.29 is 13.2 Å². The van der Waals surface area contributed by atoms with Gasteiger partial charge in [-0.15, -0.1) is 0 Å². The molecule has 28 heavy (non-hydrogen) atoms. The Morgan fingerprint density at radius 1 is 1.04 bits per heavy atom. The minimum absolute atomic E-state index is 0.0276. The minimum Gasteiger partial charge on any atom is -0.372 e. The van der Waals surface area contributed by atoms with Crippen molar-refractivity contribution in [1.82, 2.24) is 0 Å².